The lowest BCUT2D eigenvalue weighted by Crippen LogP contribution is -2.37. The summed E-state index contributed by atoms with van der Waals surface area (Å²) in [7, 11) is 0. The number of nitrogens with one attached hydrogen (secondary N) is 3. The van der Waals surface area contributed by atoms with Gasteiger partial charge < -0.3 is 15.2 Å². The molecule has 156 valence electrons. The summed E-state index contributed by atoms with van der Waals surface area (Å²) in [6.07, 6.45) is -0.0747. The summed E-state index contributed by atoms with van der Waals surface area (Å²) < 4.78 is 5.12. The third-order valence-electron chi connectivity index (χ3n) is 4.49. The molecule has 3 N–H and O–H groups in total. The molecule has 0 radical (unpaired) electrons. The van der Waals surface area contributed by atoms with Gasteiger partial charge in [-0.05, 0) is 6.07 Å². The number of carbonyl (C=O) groups is 2. The quantitative estimate of drug-likeness (QED) is 0.405. The van der Waals surface area contributed by atoms with Gasteiger partial charge in [-0.15, -0.1) is 0 Å². The van der Waals surface area contributed by atoms with Crippen LogP contribution in [0.2, 0.25) is 0 Å². The lowest BCUT2D eigenvalue weighted by molar-refractivity contribution is -0.125. The fourth-order valence-electron chi connectivity index (χ4n) is 2.97. The third kappa shape index (κ3) is 4.81. The fraction of sp³-hybridized carbons (Fsp3) is 0.143. The van der Waals surface area contributed by atoms with Crippen molar-refractivity contribution in [3.8, 4) is 11.4 Å². The predicted molar refractivity (Wildman–Crippen MR) is 111 cm³/mol. The summed E-state index contributed by atoms with van der Waals surface area (Å²) in [6, 6.07) is 16.2. The van der Waals surface area contributed by atoms with Gasteiger partial charge in [0, 0.05) is 10.9 Å². The molecule has 0 fully saturated rings. The Morgan fingerprint density at radius 2 is 1.68 bits per heavy atom. The molecule has 0 atom stereocenters. The van der Waals surface area contributed by atoms with Gasteiger partial charge in [-0.3, -0.25) is 14.4 Å². The van der Waals surface area contributed by atoms with Gasteiger partial charge in [0.05, 0.1) is 30.6 Å². The Morgan fingerprint density at radius 3 is 2.48 bits per heavy atom. The molecule has 0 aliphatic heterocycles. The van der Waals surface area contributed by atoms with Crippen molar-refractivity contribution in [1.82, 2.24) is 31.0 Å². The molecule has 2 aromatic heterocycles. The number of hydrogen-bond donors (Lipinski definition) is 3. The van der Waals surface area contributed by atoms with Gasteiger partial charge in [0.1, 0.15) is 0 Å². The molecule has 0 unspecified atom stereocenters. The zero-order chi connectivity index (χ0) is 21.6. The zero-order valence-electron chi connectivity index (χ0n) is 16.3. The van der Waals surface area contributed by atoms with Crippen molar-refractivity contribution in [2.75, 3.05) is 6.54 Å². The van der Waals surface area contributed by atoms with Crippen LogP contribution in [-0.2, 0) is 22.6 Å². The smallest absolute Gasteiger partial charge is 0.272 e. The fourth-order valence-corrected chi connectivity index (χ4v) is 2.97. The van der Waals surface area contributed by atoms with Gasteiger partial charge in [0.15, 0.2) is 0 Å². The van der Waals surface area contributed by atoms with E-state index >= 15 is 0 Å². The number of carbonyl (C=O) groups excluding carboxylic acids is 2. The van der Waals surface area contributed by atoms with Crippen molar-refractivity contribution >= 4 is 22.6 Å². The molecule has 0 saturated carbocycles. The number of nitrogens with zero attached hydrogens (tertiary/aromatic N) is 3. The van der Waals surface area contributed by atoms with Crippen molar-refractivity contribution in [3.05, 3.63) is 76.5 Å². The maximum absolute atomic E-state index is 12.2. The Labute approximate surface area is 175 Å². The Balaban J connectivity index is 1.28. The van der Waals surface area contributed by atoms with Crippen molar-refractivity contribution in [2.45, 2.75) is 13.0 Å². The molecule has 0 bridgehead atoms. The van der Waals surface area contributed by atoms with E-state index in [2.05, 4.69) is 31.0 Å². The number of H-pyrrole nitrogens is 1. The Hall–Kier alpha value is -4.34. The molecule has 10 nitrogen and oxygen atoms in total. The summed E-state index contributed by atoms with van der Waals surface area (Å²) in [5.41, 5.74) is 0.905. The highest BCUT2D eigenvalue weighted by molar-refractivity contribution is 5.90. The monoisotopic (exact) mass is 418 g/mol. The molecule has 10 heteroatoms. The normalized spacial score (nSPS) is 10.7. The maximum atomic E-state index is 12.2. The van der Waals surface area contributed by atoms with Crippen LogP contribution >= 0.6 is 0 Å². The minimum Gasteiger partial charge on any atom is -0.347 e. The molecule has 31 heavy (non-hydrogen) atoms. The van der Waals surface area contributed by atoms with E-state index in [4.69, 9.17) is 4.52 Å². The van der Waals surface area contributed by atoms with Gasteiger partial charge in [-0.25, -0.2) is 5.10 Å². The number of rotatable bonds is 7. The lowest BCUT2D eigenvalue weighted by Gasteiger charge is -2.07. The van der Waals surface area contributed by atoms with E-state index < -0.39 is 11.8 Å². The van der Waals surface area contributed by atoms with Crippen LogP contribution in [0, 0.1) is 0 Å². The standard InChI is InChI=1S/C21H18N6O4/c28-17(10-16-14-8-4-5-9-15(14)21(30)26-25-16)22-11-18(29)23-12-19-24-20(27-31-19)13-6-2-1-3-7-13/h1-9H,10-12H2,(H,22,28)(H,23,29)(H,26,30). The van der Waals surface area contributed by atoms with Crippen LogP contribution in [0.3, 0.4) is 0 Å². The first kappa shape index (κ1) is 20.0. The first-order valence-electron chi connectivity index (χ1n) is 9.48. The molecule has 2 heterocycles. The Kier molecular flexibility index (Phi) is 5.79. The molecule has 0 spiro atoms. The second-order valence-corrected chi connectivity index (χ2v) is 6.65. The summed E-state index contributed by atoms with van der Waals surface area (Å²) >= 11 is 0. The largest absolute Gasteiger partial charge is 0.347 e. The SMILES string of the molecule is O=C(CNC(=O)Cc1n[nH]c(=O)c2ccccc12)NCc1nc(-c2ccccc2)no1. The molecule has 4 rings (SSSR count). The summed E-state index contributed by atoms with van der Waals surface area (Å²) in [6.45, 7) is -0.180. The molecule has 0 saturated heterocycles. The highest BCUT2D eigenvalue weighted by Crippen LogP contribution is 2.14. The van der Waals surface area contributed by atoms with Crippen LogP contribution in [0.25, 0.3) is 22.2 Å². The number of hydrogen-bond acceptors (Lipinski definition) is 7. The van der Waals surface area contributed by atoms with Crippen LogP contribution in [0.5, 0.6) is 0 Å². The molecule has 4 aromatic rings. The van der Waals surface area contributed by atoms with E-state index in [1.54, 1.807) is 24.3 Å². The second-order valence-electron chi connectivity index (χ2n) is 6.65. The predicted octanol–water partition coefficient (Wildman–Crippen LogP) is 0.948. The van der Waals surface area contributed by atoms with E-state index in [-0.39, 0.29) is 31.0 Å². The molecule has 0 aliphatic rings. The highest BCUT2D eigenvalue weighted by Gasteiger charge is 2.13. The van der Waals surface area contributed by atoms with Crippen LogP contribution in [0.4, 0.5) is 0 Å². The Morgan fingerprint density at radius 1 is 0.935 bits per heavy atom. The Bertz CT molecular complexity index is 1280. The van der Waals surface area contributed by atoms with E-state index in [0.29, 0.717) is 22.3 Å². The average molecular weight is 418 g/mol. The van der Waals surface area contributed by atoms with Gasteiger partial charge in [-0.2, -0.15) is 10.1 Å². The summed E-state index contributed by atoms with van der Waals surface area (Å²) in [5, 5.41) is 16.4. The minimum absolute atomic E-state index is 0.0423. The van der Waals surface area contributed by atoms with Gasteiger partial charge in [0.2, 0.25) is 23.5 Å². The molecular weight excluding hydrogens is 400 g/mol. The highest BCUT2D eigenvalue weighted by atomic mass is 16.5. The van der Waals surface area contributed by atoms with Crippen molar-refractivity contribution in [3.63, 3.8) is 0 Å². The number of amides is 2. The van der Waals surface area contributed by atoms with Crippen molar-refractivity contribution in [1.29, 1.82) is 0 Å². The maximum Gasteiger partial charge on any atom is 0.272 e. The third-order valence-corrected chi connectivity index (χ3v) is 4.49. The zero-order valence-corrected chi connectivity index (χ0v) is 16.3. The first-order chi connectivity index (χ1) is 15.1. The van der Waals surface area contributed by atoms with Crippen LogP contribution in [-0.4, -0.2) is 38.7 Å². The van der Waals surface area contributed by atoms with E-state index in [0.717, 1.165) is 5.56 Å². The number of aromatic nitrogens is 4. The molecule has 2 amide bonds. The second kappa shape index (κ2) is 8.99. The number of fused-ring (bicyclic) bond motifs is 1. The minimum atomic E-state index is -0.410. The first-order valence-corrected chi connectivity index (χ1v) is 9.48. The van der Waals surface area contributed by atoms with E-state index in [1.807, 2.05) is 30.3 Å². The van der Waals surface area contributed by atoms with Gasteiger partial charge in [-0.1, -0.05) is 53.7 Å². The van der Waals surface area contributed by atoms with Gasteiger partial charge >= 0.3 is 0 Å². The van der Waals surface area contributed by atoms with Gasteiger partial charge in [0.25, 0.3) is 5.56 Å². The molecule has 0 aliphatic carbocycles. The summed E-state index contributed by atoms with van der Waals surface area (Å²) in [4.78, 5) is 40.3. The number of benzene rings is 2. The van der Waals surface area contributed by atoms with Crippen molar-refractivity contribution < 1.29 is 14.1 Å². The van der Waals surface area contributed by atoms with Crippen LogP contribution in [0.15, 0.2) is 63.9 Å². The van der Waals surface area contributed by atoms with E-state index in [1.165, 1.54) is 0 Å². The molecular formula is C21H18N6O4. The average Bonchev–Trinajstić information content (AvgIpc) is 3.28. The lowest BCUT2D eigenvalue weighted by atomic mass is 10.1. The topological polar surface area (TPSA) is 143 Å². The summed E-state index contributed by atoms with van der Waals surface area (Å²) in [5.74, 6) is -0.127. The number of aromatic amines is 1. The van der Waals surface area contributed by atoms with E-state index in [9.17, 15) is 14.4 Å². The van der Waals surface area contributed by atoms with Crippen LogP contribution in [0.1, 0.15) is 11.6 Å². The molecule has 2 aromatic carbocycles. The van der Waals surface area contributed by atoms with Crippen LogP contribution < -0.4 is 16.2 Å². The van der Waals surface area contributed by atoms with Crippen molar-refractivity contribution in [2.24, 2.45) is 0 Å².